The second kappa shape index (κ2) is 4.75. The summed E-state index contributed by atoms with van der Waals surface area (Å²) in [6, 6.07) is 10.9. The first-order chi connectivity index (χ1) is 9.19. The molecule has 0 aliphatic heterocycles. The predicted octanol–water partition coefficient (Wildman–Crippen LogP) is 3.36. The van der Waals surface area contributed by atoms with Gasteiger partial charge in [-0.15, -0.1) is 0 Å². The van der Waals surface area contributed by atoms with Gasteiger partial charge >= 0.3 is 0 Å². The molecule has 0 spiro atoms. The fourth-order valence-corrected chi connectivity index (χ4v) is 2.53. The lowest BCUT2D eigenvalue weighted by molar-refractivity contribution is 0.618. The number of nitrogens with zero attached hydrogens (tertiary/aromatic N) is 2. The average molecular weight is 320 g/mol. The molecule has 0 amide bonds. The molecular formula is C14H11BrFN3. The Bertz CT molecular complexity index is 752. The van der Waals surface area contributed by atoms with Crippen LogP contribution in [-0.2, 0) is 6.54 Å². The van der Waals surface area contributed by atoms with Crippen LogP contribution in [0.2, 0.25) is 0 Å². The largest absolute Gasteiger partial charge is 0.325 e. The number of benzene rings is 1. The van der Waals surface area contributed by atoms with Gasteiger partial charge in [0.15, 0.2) is 0 Å². The van der Waals surface area contributed by atoms with Crippen molar-refractivity contribution in [3.8, 4) is 11.3 Å². The quantitative estimate of drug-likeness (QED) is 0.787. The highest BCUT2D eigenvalue weighted by atomic mass is 79.9. The minimum Gasteiger partial charge on any atom is -0.325 e. The lowest BCUT2D eigenvalue weighted by Gasteiger charge is -2.03. The first kappa shape index (κ1) is 12.3. The van der Waals surface area contributed by atoms with Gasteiger partial charge in [-0.1, -0.05) is 28.1 Å². The van der Waals surface area contributed by atoms with Crippen LogP contribution < -0.4 is 5.73 Å². The Hall–Kier alpha value is -1.72. The van der Waals surface area contributed by atoms with Crippen molar-refractivity contribution in [3.63, 3.8) is 0 Å². The van der Waals surface area contributed by atoms with Gasteiger partial charge in [-0.3, -0.25) is 4.40 Å². The van der Waals surface area contributed by atoms with E-state index in [9.17, 15) is 4.39 Å². The molecule has 0 atom stereocenters. The zero-order valence-electron chi connectivity index (χ0n) is 9.98. The summed E-state index contributed by atoms with van der Waals surface area (Å²) >= 11 is 3.44. The third-order valence-corrected chi connectivity index (χ3v) is 3.47. The molecule has 2 N–H and O–H groups in total. The topological polar surface area (TPSA) is 43.3 Å². The Labute approximate surface area is 118 Å². The maximum Gasteiger partial charge on any atom is 0.139 e. The highest BCUT2D eigenvalue weighted by Crippen LogP contribution is 2.26. The molecule has 0 aliphatic rings. The van der Waals surface area contributed by atoms with E-state index in [1.807, 2.05) is 24.3 Å². The van der Waals surface area contributed by atoms with Crippen molar-refractivity contribution in [1.29, 1.82) is 0 Å². The van der Waals surface area contributed by atoms with Crippen LogP contribution in [0.4, 0.5) is 4.39 Å². The predicted molar refractivity (Wildman–Crippen MR) is 76.2 cm³/mol. The number of pyridine rings is 1. The Morgan fingerprint density at radius 1 is 1.26 bits per heavy atom. The van der Waals surface area contributed by atoms with Gasteiger partial charge in [0, 0.05) is 22.8 Å². The van der Waals surface area contributed by atoms with Gasteiger partial charge in [0.2, 0.25) is 0 Å². The SMILES string of the molecule is NCc1c(-c2cccc(Br)c2)nc2ccc(F)cn12. The summed E-state index contributed by atoms with van der Waals surface area (Å²) in [5.41, 5.74) is 9.03. The van der Waals surface area contributed by atoms with Gasteiger partial charge in [-0.25, -0.2) is 9.37 Å². The summed E-state index contributed by atoms with van der Waals surface area (Å²) in [7, 11) is 0. The lowest BCUT2D eigenvalue weighted by atomic mass is 10.1. The first-order valence-electron chi connectivity index (χ1n) is 5.81. The highest BCUT2D eigenvalue weighted by Gasteiger charge is 2.13. The van der Waals surface area contributed by atoms with Crippen LogP contribution in [-0.4, -0.2) is 9.38 Å². The van der Waals surface area contributed by atoms with E-state index in [-0.39, 0.29) is 5.82 Å². The Kier molecular flexibility index (Phi) is 3.08. The van der Waals surface area contributed by atoms with Gasteiger partial charge in [0.25, 0.3) is 0 Å². The van der Waals surface area contributed by atoms with Crippen LogP contribution in [0.5, 0.6) is 0 Å². The molecule has 3 rings (SSSR count). The van der Waals surface area contributed by atoms with Crippen molar-refractivity contribution in [2.75, 3.05) is 0 Å². The molecule has 96 valence electrons. The fraction of sp³-hybridized carbons (Fsp3) is 0.0714. The van der Waals surface area contributed by atoms with Gasteiger partial charge in [-0.05, 0) is 24.3 Å². The zero-order chi connectivity index (χ0) is 13.4. The number of imidazole rings is 1. The molecule has 0 bridgehead atoms. The first-order valence-corrected chi connectivity index (χ1v) is 6.61. The summed E-state index contributed by atoms with van der Waals surface area (Å²) in [6.45, 7) is 0.298. The van der Waals surface area contributed by atoms with Gasteiger partial charge in [-0.2, -0.15) is 0 Å². The van der Waals surface area contributed by atoms with Crippen LogP contribution in [0.1, 0.15) is 5.69 Å². The number of nitrogens with two attached hydrogens (primary N) is 1. The number of aromatic nitrogens is 2. The average Bonchev–Trinajstić information content (AvgIpc) is 2.76. The monoisotopic (exact) mass is 319 g/mol. The Morgan fingerprint density at radius 3 is 2.84 bits per heavy atom. The summed E-state index contributed by atoms with van der Waals surface area (Å²) < 4.78 is 16.0. The van der Waals surface area contributed by atoms with Crippen LogP contribution in [0.3, 0.4) is 0 Å². The second-order valence-corrected chi connectivity index (χ2v) is 5.11. The van der Waals surface area contributed by atoms with Gasteiger partial charge in [0.1, 0.15) is 11.5 Å². The van der Waals surface area contributed by atoms with E-state index in [1.165, 1.54) is 12.3 Å². The summed E-state index contributed by atoms with van der Waals surface area (Å²) in [5, 5.41) is 0. The van der Waals surface area contributed by atoms with Crippen molar-refractivity contribution in [2.24, 2.45) is 5.73 Å². The van der Waals surface area contributed by atoms with E-state index in [1.54, 1.807) is 10.5 Å². The van der Waals surface area contributed by atoms with Crippen molar-refractivity contribution in [3.05, 3.63) is 58.6 Å². The zero-order valence-corrected chi connectivity index (χ0v) is 11.6. The Morgan fingerprint density at radius 2 is 2.11 bits per heavy atom. The van der Waals surface area contributed by atoms with Crippen molar-refractivity contribution < 1.29 is 4.39 Å². The lowest BCUT2D eigenvalue weighted by Crippen LogP contribution is -2.02. The smallest absolute Gasteiger partial charge is 0.139 e. The summed E-state index contributed by atoms with van der Waals surface area (Å²) in [4.78, 5) is 4.53. The standard InChI is InChI=1S/C14H11BrFN3/c15-10-3-1-2-9(6-10)14-12(7-17)19-8-11(16)4-5-13(19)18-14/h1-6,8H,7,17H2. The van der Waals surface area contributed by atoms with Crippen LogP contribution in [0, 0.1) is 5.82 Å². The second-order valence-electron chi connectivity index (χ2n) is 4.20. The molecule has 3 aromatic rings. The molecule has 0 saturated heterocycles. The fourth-order valence-electron chi connectivity index (χ4n) is 2.13. The molecule has 2 aromatic heterocycles. The van der Waals surface area contributed by atoms with Crippen molar-refractivity contribution >= 4 is 21.6 Å². The van der Waals surface area contributed by atoms with Crippen molar-refractivity contribution in [2.45, 2.75) is 6.54 Å². The summed E-state index contributed by atoms with van der Waals surface area (Å²) in [5.74, 6) is -0.305. The van der Waals surface area contributed by atoms with E-state index in [2.05, 4.69) is 20.9 Å². The number of halogens is 2. The van der Waals surface area contributed by atoms with E-state index in [0.717, 1.165) is 21.4 Å². The molecule has 0 radical (unpaired) electrons. The molecule has 1 aromatic carbocycles. The van der Waals surface area contributed by atoms with Crippen LogP contribution >= 0.6 is 15.9 Å². The van der Waals surface area contributed by atoms with Crippen LogP contribution in [0.25, 0.3) is 16.9 Å². The third-order valence-electron chi connectivity index (χ3n) is 2.97. The van der Waals surface area contributed by atoms with E-state index >= 15 is 0 Å². The van der Waals surface area contributed by atoms with E-state index in [0.29, 0.717) is 12.2 Å². The van der Waals surface area contributed by atoms with E-state index in [4.69, 9.17) is 5.73 Å². The molecule has 0 unspecified atom stereocenters. The van der Waals surface area contributed by atoms with E-state index < -0.39 is 0 Å². The molecule has 19 heavy (non-hydrogen) atoms. The van der Waals surface area contributed by atoms with Crippen molar-refractivity contribution in [1.82, 2.24) is 9.38 Å². The molecule has 0 aliphatic carbocycles. The maximum atomic E-state index is 13.3. The normalized spacial score (nSPS) is 11.1. The molecular weight excluding hydrogens is 309 g/mol. The summed E-state index contributed by atoms with van der Waals surface area (Å²) in [6.07, 6.45) is 1.41. The van der Waals surface area contributed by atoms with Crippen LogP contribution in [0.15, 0.2) is 47.1 Å². The molecule has 2 heterocycles. The third kappa shape index (κ3) is 2.15. The number of rotatable bonds is 2. The number of hydrogen-bond acceptors (Lipinski definition) is 2. The maximum absolute atomic E-state index is 13.3. The minimum atomic E-state index is -0.305. The molecule has 5 heteroatoms. The molecule has 0 fully saturated rings. The van der Waals surface area contributed by atoms with Gasteiger partial charge in [0.05, 0.1) is 11.4 Å². The number of fused-ring (bicyclic) bond motifs is 1. The van der Waals surface area contributed by atoms with Gasteiger partial charge < -0.3 is 5.73 Å². The minimum absolute atomic E-state index is 0.298. The highest BCUT2D eigenvalue weighted by molar-refractivity contribution is 9.10. The molecule has 3 nitrogen and oxygen atoms in total. The molecule has 0 saturated carbocycles. The number of hydrogen-bond donors (Lipinski definition) is 1. The Balaban J connectivity index is 2.29.